The molecule has 1 heterocycles. The van der Waals surface area contributed by atoms with Crippen LogP contribution in [0.2, 0.25) is 0 Å². The molecule has 9 heteroatoms. The molecule has 0 amide bonds. The third-order valence-corrected chi connectivity index (χ3v) is 6.20. The van der Waals surface area contributed by atoms with Crippen LogP contribution < -0.4 is 5.73 Å². The molecule has 7 atom stereocenters. The maximum Gasteiger partial charge on any atom is 0.527 e. The lowest BCUT2D eigenvalue weighted by atomic mass is 9.97. The first kappa shape index (κ1) is 24.8. The van der Waals surface area contributed by atoms with Crippen LogP contribution in [-0.4, -0.2) is 53.7 Å². The molecule has 2 rings (SSSR count). The Hall–Kier alpha value is -0.470. The van der Waals surface area contributed by atoms with Gasteiger partial charge in [-0.05, 0) is 53.4 Å². The predicted molar refractivity (Wildman–Crippen MR) is 110 cm³/mol. The minimum atomic E-state index is -4.46. The molecule has 2 fully saturated rings. The van der Waals surface area contributed by atoms with Crippen molar-refractivity contribution < 1.29 is 32.7 Å². The molecule has 2 unspecified atom stereocenters. The largest absolute Gasteiger partial charge is 0.527 e. The molecule has 2 aliphatic rings. The Kier molecular flexibility index (Phi) is 8.36. The summed E-state index contributed by atoms with van der Waals surface area (Å²) >= 11 is 0. The molecule has 8 nitrogen and oxygen atoms in total. The van der Waals surface area contributed by atoms with E-state index in [-0.39, 0.29) is 42.7 Å². The predicted octanol–water partition coefficient (Wildman–Crippen LogP) is 3.53. The van der Waals surface area contributed by atoms with Gasteiger partial charge >= 0.3 is 7.82 Å². The van der Waals surface area contributed by atoms with Gasteiger partial charge in [0.1, 0.15) is 11.9 Å². The number of nitrogens with two attached hydrogens (primary N) is 1. The molecule has 0 bridgehead atoms. The summed E-state index contributed by atoms with van der Waals surface area (Å²) in [7, 11) is -4.46. The molecule has 170 valence electrons. The summed E-state index contributed by atoms with van der Waals surface area (Å²) in [4.78, 5) is 10.4. The molecule has 0 spiro atoms. The Morgan fingerprint density at radius 2 is 1.93 bits per heavy atom. The van der Waals surface area contributed by atoms with E-state index in [1.807, 2.05) is 41.5 Å². The summed E-state index contributed by atoms with van der Waals surface area (Å²) in [6.07, 6.45) is 0.175. The summed E-state index contributed by atoms with van der Waals surface area (Å²) in [5.41, 5.74) is 5.64. The van der Waals surface area contributed by atoms with Gasteiger partial charge in [0.05, 0.1) is 42.7 Å². The number of ether oxygens (including phenoxy) is 3. The van der Waals surface area contributed by atoms with Crippen LogP contribution in [0.3, 0.4) is 0 Å². The van der Waals surface area contributed by atoms with Crippen molar-refractivity contribution in [1.82, 2.24) is 0 Å². The SMILES string of the molecule is C=C(OP(=O)(O)O[C@@H]1C[C@H](C)C[C@]1(N)COC(C)C)[C@H]1O[C@@H](C)CC1OC(C)C. The Morgan fingerprint density at radius 1 is 1.28 bits per heavy atom. The molecule has 1 saturated heterocycles. The second-order valence-electron chi connectivity index (χ2n) is 9.08. The lowest BCUT2D eigenvalue weighted by molar-refractivity contribution is -0.0443. The van der Waals surface area contributed by atoms with E-state index in [9.17, 15) is 9.46 Å². The monoisotopic (exact) mass is 435 g/mol. The Balaban J connectivity index is 2.02. The number of hydrogen-bond acceptors (Lipinski definition) is 7. The molecule has 0 aromatic heterocycles. The van der Waals surface area contributed by atoms with Crippen LogP contribution >= 0.6 is 7.82 Å². The minimum absolute atomic E-state index is 0.00309. The number of phosphoric ester groups is 1. The summed E-state index contributed by atoms with van der Waals surface area (Å²) in [6.45, 7) is 15.7. The van der Waals surface area contributed by atoms with Crippen LogP contribution in [0.15, 0.2) is 12.3 Å². The molecule has 3 N–H and O–H groups in total. The molecule has 1 saturated carbocycles. The highest BCUT2D eigenvalue weighted by Gasteiger charge is 2.49. The summed E-state index contributed by atoms with van der Waals surface area (Å²) in [5.74, 6) is 0.268. The van der Waals surface area contributed by atoms with Crippen LogP contribution in [-0.2, 0) is 27.8 Å². The third kappa shape index (κ3) is 7.03. The van der Waals surface area contributed by atoms with Crippen molar-refractivity contribution in [2.75, 3.05) is 6.61 Å². The molecule has 1 aliphatic heterocycles. The van der Waals surface area contributed by atoms with Crippen molar-refractivity contribution in [3.8, 4) is 0 Å². The fourth-order valence-corrected chi connectivity index (χ4v) is 5.13. The highest BCUT2D eigenvalue weighted by molar-refractivity contribution is 7.47. The van der Waals surface area contributed by atoms with Gasteiger partial charge in [0.15, 0.2) is 0 Å². The van der Waals surface area contributed by atoms with Crippen molar-refractivity contribution in [2.24, 2.45) is 11.7 Å². The fraction of sp³-hybridized carbons (Fsp3) is 0.900. The van der Waals surface area contributed by atoms with Gasteiger partial charge in [-0.3, -0.25) is 9.42 Å². The molecule has 0 radical (unpaired) electrons. The van der Waals surface area contributed by atoms with Gasteiger partial charge in [0.25, 0.3) is 0 Å². The Morgan fingerprint density at radius 3 is 2.52 bits per heavy atom. The molecule has 0 aromatic carbocycles. The van der Waals surface area contributed by atoms with Gasteiger partial charge in [0.2, 0.25) is 0 Å². The average Bonchev–Trinajstić information content (AvgIpc) is 3.03. The first-order valence-corrected chi connectivity index (χ1v) is 11.9. The lowest BCUT2D eigenvalue weighted by Crippen LogP contribution is -2.52. The third-order valence-electron chi connectivity index (χ3n) is 5.21. The molecule has 1 aliphatic carbocycles. The molecule has 0 aromatic rings. The number of rotatable bonds is 10. The number of hydrogen-bond donors (Lipinski definition) is 2. The summed E-state index contributed by atoms with van der Waals surface area (Å²) < 4.78 is 40.9. The highest BCUT2D eigenvalue weighted by atomic mass is 31.2. The van der Waals surface area contributed by atoms with E-state index in [1.165, 1.54) is 0 Å². The fourth-order valence-electron chi connectivity index (χ4n) is 4.07. The van der Waals surface area contributed by atoms with Crippen LogP contribution in [0.5, 0.6) is 0 Å². The minimum Gasteiger partial charge on any atom is -0.406 e. The highest BCUT2D eigenvalue weighted by Crippen LogP contribution is 2.52. The maximum absolute atomic E-state index is 12.7. The lowest BCUT2D eigenvalue weighted by Gasteiger charge is -2.33. The first-order chi connectivity index (χ1) is 13.3. The van der Waals surface area contributed by atoms with E-state index >= 15 is 0 Å². The normalized spacial score (nSPS) is 37.2. The maximum atomic E-state index is 12.7. The van der Waals surface area contributed by atoms with Gasteiger partial charge in [-0.2, -0.15) is 0 Å². The van der Waals surface area contributed by atoms with Crippen LogP contribution in [0.1, 0.15) is 60.8 Å². The zero-order valence-electron chi connectivity index (χ0n) is 18.5. The quantitative estimate of drug-likeness (QED) is 0.396. The van der Waals surface area contributed by atoms with E-state index in [0.29, 0.717) is 19.3 Å². The summed E-state index contributed by atoms with van der Waals surface area (Å²) in [5, 5.41) is 0. The standard InChI is InChI=1S/C20H38NO7P/c1-12(2)24-11-20(21)10-14(5)8-18(20)28-29(22,23)27-16(7)19-17(25-13(3)4)9-15(6)26-19/h12-15,17-19H,7-11,21H2,1-6H3,(H,22,23)/t14-,15-,17?,18+,19+,20-/m0/s1. The summed E-state index contributed by atoms with van der Waals surface area (Å²) in [6, 6.07) is 0. The molecular formula is C20H38NO7P. The van der Waals surface area contributed by atoms with Gasteiger partial charge in [-0.1, -0.05) is 13.5 Å². The second kappa shape index (κ2) is 9.77. The van der Waals surface area contributed by atoms with Crippen molar-refractivity contribution in [3.63, 3.8) is 0 Å². The van der Waals surface area contributed by atoms with Crippen LogP contribution in [0.4, 0.5) is 0 Å². The average molecular weight is 435 g/mol. The van der Waals surface area contributed by atoms with Crippen LogP contribution in [0.25, 0.3) is 0 Å². The van der Waals surface area contributed by atoms with Gasteiger partial charge < -0.3 is 24.5 Å². The van der Waals surface area contributed by atoms with Crippen molar-refractivity contribution in [3.05, 3.63) is 12.3 Å². The second-order valence-corrected chi connectivity index (χ2v) is 10.4. The first-order valence-electron chi connectivity index (χ1n) is 10.4. The van der Waals surface area contributed by atoms with Gasteiger partial charge in [-0.15, -0.1) is 0 Å². The van der Waals surface area contributed by atoms with E-state index in [1.54, 1.807) is 0 Å². The van der Waals surface area contributed by atoms with Gasteiger partial charge in [0, 0.05) is 6.42 Å². The molecule has 29 heavy (non-hydrogen) atoms. The topological polar surface area (TPSA) is 109 Å². The molecular weight excluding hydrogens is 397 g/mol. The van der Waals surface area contributed by atoms with Crippen molar-refractivity contribution in [2.45, 2.75) is 103 Å². The van der Waals surface area contributed by atoms with Gasteiger partial charge in [-0.25, -0.2) is 4.57 Å². The smallest absolute Gasteiger partial charge is 0.406 e. The number of phosphoric acid groups is 1. The Bertz CT molecular complexity index is 614. The zero-order chi connectivity index (χ0) is 22.0. The van der Waals surface area contributed by atoms with E-state index in [2.05, 4.69) is 6.58 Å². The van der Waals surface area contributed by atoms with Crippen LogP contribution in [0, 0.1) is 5.92 Å². The van der Waals surface area contributed by atoms with E-state index in [4.69, 9.17) is 29.0 Å². The van der Waals surface area contributed by atoms with Crippen molar-refractivity contribution in [1.29, 1.82) is 0 Å². The van der Waals surface area contributed by atoms with Crippen molar-refractivity contribution >= 4 is 7.82 Å². The van der Waals surface area contributed by atoms with E-state index < -0.39 is 25.6 Å². The Labute approximate surface area is 174 Å². The van der Waals surface area contributed by atoms with E-state index in [0.717, 1.165) is 0 Å². The zero-order valence-corrected chi connectivity index (χ0v) is 19.4.